The molecule has 0 aromatic heterocycles. The first kappa shape index (κ1) is 21.6. The van der Waals surface area contributed by atoms with Gasteiger partial charge in [0.15, 0.2) is 5.96 Å². The summed E-state index contributed by atoms with van der Waals surface area (Å²) in [5, 5.41) is 7.09. The molecule has 3 heterocycles. The topological polar surface area (TPSA) is 52.1 Å². The first-order chi connectivity index (χ1) is 13.2. The molecule has 2 bridgehead atoms. The fourth-order valence-corrected chi connectivity index (χ4v) is 4.59. The fourth-order valence-electron chi connectivity index (χ4n) is 4.59. The number of ether oxygens (including phenoxy) is 1. The number of aliphatic imine (C=N–C) groups is 1. The summed E-state index contributed by atoms with van der Waals surface area (Å²) in [5.41, 5.74) is 1.33. The van der Waals surface area contributed by atoms with Gasteiger partial charge in [0, 0.05) is 51.5 Å². The highest BCUT2D eigenvalue weighted by atomic mass is 127. The highest BCUT2D eigenvalue weighted by Crippen LogP contribution is 2.34. The van der Waals surface area contributed by atoms with Gasteiger partial charge in [-0.1, -0.05) is 18.2 Å². The van der Waals surface area contributed by atoms with Crippen LogP contribution in [0.25, 0.3) is 0 Å². The standard InChI is InChI=1S/C21H33N5O.HI/c1-16(25-10-12-26(13-11-25)17-6-4-3-5-7-17)15-23-21(22-2)24-19-14-18-8-9-20(19)27-18;/h3-7,16,18-20H,8-15H2,1-2H3,(H2,22,23,24);1H. The predicted octanol–water partition coefficient (Wildman–Crippen LogP) is 2.30. The van der Waals surface area contributed by atoms with Crippen molar-refractivity contribution in [2.45, 2.75) is 50.5 Å². The van der Waals surface area contributed by atoms with Crippen LogP contribution in [-0.4, -0.2) is 74.9 Å². The lowest BCUT2D eigenvalue weighted by molar-refractivity contribution is 0.0992. The van der Waals surface area contributed by atoms with Gasteiger partial charge in [0.25, 0.3) is 0 Å². The van der Waals surface area contributed by atoms with Crippen molar-refractivity contribution < 1.29 is 4.74 Å². The zero-order valence-corrected chi connectivity index (χ0v) is 19.3. The van der Waals surface area contributed by atoms with Crippen LogP contribution in [0, 0.1) is 0 Å². The van der Waals surface area contributed by atoms with E-state index in [0.29, 0.717) is 24.3 Å². The quantitative estimate of drug-likeness (QED) is 0.370. The van der Waals surface area contributed by atoms with Crippen molar-refractivity contribution in [1.82, 2.24) is 15.5 Å². The maximum absolute atomic E-state index is 5.94. The number of nitrogens with zero attached hydrogens (tertiary/aromatic N) is 3. The number of anilines is 1. The zero-order valence-electron chi connectivity index (χ0n) is 17.0. The summed E-state index contributed by atoms with van der Waals surface area (Å²) in [5.74, 6) is 0.908. The van der Waals surface area contributed by atoms with Crippen LogP contribution in [0.2, 0.25) is 0 Å². The summed E-state index contributed by atoms with van der Waals surface area (Å²) in [6.45, 7) is 7.59. The van der Waals surface area contributed by atoms with E-state index in [2.05, 4.69) is 62.7 Å². The molecule has 156 valence electrons. The van der Waals surface area contributed by atoms with E-state index in [1.165, 1.54) is 18.5 Å². The maximum atomic E-state index is 5.94. The average Bonchev–Trinajstić information content (AvgIpc) is 3.35. The molecule has 3 saturated heterocycles. The van der Waals surface area contributed by atoms with Gasteiger partial charge in [0.1, 0.15) is 0 Å². The highest BCUT2D eigenvalue weighted by molar-refractivity contribution is 14.0. The molecule has 3 aliphatic heterocycles. The Kier molecular flexibility index (Phi) is 7.82. The van der Waals surface area contributed by atoms with E-state index in [-0.39, 0.29) is 24.0 Å². The second-order valence-corrected chi connectivity index (χ2v) is 8.02. The second kappa shape index (κ2) is 10.1. The first-order valence-electron chi connectivity index (χ1n) is 10.4. The number of benzene rings is 1. The maximum Gasteiger partial charge on any atom is 0.191 e. The van der Waals surface area contributed by atoms with Gasteiger partial charge >= 0.3 is 0 Å². The SMILES string of the molecule is CN=C(NCC(C)N1CCN(c2ccccc2)CC1)NC1CC2CCC1O2.I. The molecule has 0 saturated carbocycles. The Morgan fingerprint density at radius 3 is 2.54 bits per heavy atom. The Hall–Kier alpha value is -1.06. The van der Waals surface area contributed by atoms with Gasteiger partial charge in [-0.2, -0.15) is 0 Å². The number of halogens is 1. The van der Waals surface area contributed by atoms with Crippen molar-refractivity contribution >= 4 is 35.6 Å². The van der Waals surface area contributed by atoms with Crippen molar-refractivity contribution in [2.24, 2.45) is 4.99 Å². The molecule has 4 unspecified atom stereocenters. The van der Waals surface area contributed by atoms with Crippen molar-refractivity contribution in [1.29, 1.82) is 0 Å². The van der Waals surface area contributed by atoms with E-state index < -0.39 is 0 Å². The fraction of sp³-hybridized carbons (Fsp3) is 0.667. The third kappa shape index (κ3) is 5.10. The number of para-hydroxylation sites is 1. The van der Waals surface area contributed by atoms with Crippen LogP contribution < -0.4 is 15.5 Å². The Morgan fingerprint density at radius 2 is 1.93 bits per heavy atom. The summed E-state index contributed by atoms with van der Waals surface area (Å²) < 4.78 is 5.94. The molecule has 28 heavy (non-hydrogen) atoms. The lowest BCUT2D eigenvalue weighted by Gasteiger charge is -2.39. The first-order valence-corrected chi connectivity index (χ1v) is 10.4. The molecule has 0 amide bonds. The third-order valence-electron chi connectivity index (χ3n) is 6.28. The number of hydrogen-bond donors (Lipinski definition) is 2. The largest absolute Gasteiger partial charge is 0.373 e. The summed E-state index contributed by atoms with van der Waals surface area (Å²) in [6.07, 6.45) is 4.35. The van der Waals surface area contributed by atoms with Crippen LogP contribution >= 0.6 is 24.0 Å². The van der Waals surface area contributed by atoms with Crippen LogP contribution in [0.3, 0.4) is 0 Å². The van der Waals surface area contributed by atoms with E-state index in [4.69, 9.17) is 4.74 Å². The molecule has 3 aliphatic rings. The number of nitrogens with one attached hydrogen (secondary N) is 2. The monoisotopic (exact) mass is 499 g/mol. The van der Waals surface area contributed by atoms with E-state index in [1.54, 1.807) is 0 Å². The number of guanidine groups is 1. The van der Waals surface area contributed by atoms with Crippen molar-refractivity contribution in [2.75, 3.05) is 44.7 Å². The summed E-state index contributed by atoms with van der Waals surface area (Å²) >= 11 is 0. The lowest BCUT2D eigenvalue weighted by atomic mass is 9.96. The van der Waals surface area contributed by atoms with Gasteiger partial charge in [-0.15, -0.1) is 24.0 Å². The van der Waals surface area contributed by atoms with Gasteiger partial charge in [-0.3, -0.25) is 9.89 Å². The molecule has 7 heteroatoms. The van der Waals surface area contributed by atoms with Gasteiger partial charge < -0.3 is 20.3 Å². The minimum Gasteiger partial charge on any atom is -0.373 e. The Labute approximate surface area is 186 Å². The van der Waals surface area contributed by atoms with Gasteiger partial charge in [-0.05, 0) is 38.3 Å². The molecular weight excluding hydrogens is 465 g/mol. The number of rotatable bonds is 5. The number of hydrogen-bond acceptors (Lipinski definition) is 4. The van der Waals surface area contributed by atoms with E-state index >= 15 is 0 Å². The van der Waals surface area contributed by atoms with Crippen LogP contribution in [0.1, 0.15) is 26.2 Å². The normalized spacial score (nSPS) is 28.7. The van der Waals surface area contributed by atoms with Gasteiger partial charge in [0.2, 0.25) is 0 Å². The molecule has 6 nitrogen and oxygen atoms in total. The zero-order chi connectivity index (χ0) is 18.6. The van der Waals surface area contributed by atoms with Crippen LogP contribution in [0.15, 0.2) is 35.3 Å². The molecular formula is C21H34IN5O. The Balaban J connectivity index is 0.00000225. The van der Waals surface area contributed by atoms with Crippen molar-refractivity contribution in [3.05, 3.63) is 30.3 Å². The summed E-state index contributed by atoms with van der Waals surface area (Å²) in [6, 6.07) is 11.6. The Bertz CT molecular complexity index is 635. The van der Waals surface area contributed by atoms with Crippen LogP contribution in [-0.2, 0) is 4.74 Å². The van der Waals surface area contributed by atoms with E-state index in [9.17, 15) is 0 Å². The smallest absolute Gasteiger partial charge is 0.191 e. The molecule has 2 N–H and O–H groups in total. The van der Waals surface area contributed by atoms with Gasteiger partial charge in [-0.25, -0.2) is 0 Å². The highest BCUT2D eigenvalue weighted by Gasteiger charge is 2.41. The van der Waals surface area contributed by atoms with E-state index in [0.717, 1.165) is 45.1 Å². The van der Waals surface area contributed by atoms with E-state index in [1.807, 2.05) is 7.05 Å². The average molecular weight is 499 g/mol. The lowest BCUT2D eigenvalue weighted by Crippen LogP contribution is -2.54. The van der Waals surface area contributed by atoms with Crippen LogP contribution in [0.4, 0.5) is 5.69 Å². The Morgan fingerprint density at radius 1 is 1.18 bits per heavy atom. The van der Waals surface area contributed by atoms with Crippen molar-refractivity contribution in [3.63, 3.8) is 0 Å². The predicted molar refractivity (Wildman–Crippen MR) is 126 cm³/mol. The molecule has 1 aromatic carbocycles. The minimum atomic E-state index is 0. The number of piperazine rings is 1. The van der Waals surface area contributed by atoms with Gasteiger partial charge in [0.05, 0.1) is 18.2 Å². The molecule has 1 aromatic rings. The second-order valence-electron chi connectivity index (χ2n) is 8.02. The number of fused-ring (bicyclic) bond motifs is 2. The molecule has 4 rings (SSSR count). The third-order valence-corrected chi connectivity index (χ3v) is 6.28. The van der Waals surface area contributed by atoms with Crippen LogP contribution in [0.5, 0.6) is 0 Å². The molecule has 0 aliphatic carbocycles. The molecule has 4 atom stereocenters. The molecule has 0 spiro atoms. The molecule has 0 radical (unpaired) electrons. The summed E-state index contributed by atoms with van der Waals surface area (Å²) in [7, 11) is 1.85. The minimum absolute atomic E-state index is 0. The molecule has 3 fully saturated rings. The summed E-state index contributed by atoms with van der Waals surface area (Å²) in [4.78, 5) is 9.46. The van der Waals surface area contributed by atoms with Crippen molar-refractivity contribution in [3.8, 4) is 0 Å².